The second kappa shape index (κ2) is 6.66. The molecule has 0 saturated carbocycles. The van der Waals surface area contributed by atoms with Gasteiger partial charge in [0.05, 0.1) is 4.90 Å². The maximum atomic E-state index is 11.6. The highest BCUT2D eigenvalue weighted by Gasteiger charge is 2.20. The molecule has 0 fully saturated rings. The van der Waals surface area contributed by atoms with Gasteiger partial charge in [0.2, 0.25) is 0 Å². The molecule has 118 valence electrons. The summed E-state index contributed by atoms with van der Waals surface area (Å²) >= 11 is 0. The van der Waals surface area contributed by atoms with Crippen molar-refractivity contribution < 1.29 is 17.9 Å². The van der Waals surface area contributed by atoms with Crippen LogP contribution in [0.5, 0.6) is 5.75 Å². The molecule has 0 heterocycles. The minimum Gasteiger partial charge on any atom is -0.483 e. The van der Waals surface area contributed by atoms with E-state index in [2.05, 4.69) is 0 Å². The molecule has 21 heavy (non-hydrogen) atoms. The Morgan fingerprint density at radius 2 is 1.90 bits per heavy atom. The van der Waals surface area contributed by atoms with Gasteiger partial charge >= 0.3 is 0 Å². The predicted molar refractivity (Wildman–Crippen MR) is 82.5 cm³/mol. The minimum absolute atomic E-state index is 0.0407. The van der Waals surface area contributed by atoms with Crippen molar-refractivity contribution in [2.24, 2.45) is 0 Å². The number of amides is 1. The number of carbonyl (C=O) groups is 1. The molecule has 0 saturated heterocycles. The zero-order valence-corrected chi connectivity index (χ0v) is 14.4. The Morgan fingerprint density at radius 1 is 1.33 bits per heavy atom. The fourth-order valence-electron chi connectivity index (χ4n) is 1.76. The van der Waals surface area contributed by atoms with Gasteiger partial charge in [0.15, 0.2) is 6.61 Å². The first-order valence-electron chi connectivity index (χ1n) is 6.46. The molecule has 0 spiro atoms. The van der Waals surface area contributed by atoms with Crippen molar-refractivity contribution in [3.8, 4) is 5.75 Å². The van der Waals surface area contributed by atoms with Gasteiger partial charge in [-0.15, -0.1) is 0 Å². The molecule has 5 nitrogen and oxygen atoms in total. The van der Waals surface area contributed by atoms with Gasteiger partial charge in [0.1, 0.15) is 5.75 Å². The smallest absolute Gasteiger partial charge is 0.261 e. The number of hydrogen-bond acceptors (Lipinski definition) is 4. The zero-order chi connectivity index (χ0) is 16.4. The molecular formula is C14H20ClNO4S. The van der Waals surface area contributed by atoms with E-state index in [-0.39, 0.29) is 23.3 Å². The lowest BCUT2D eigenvalue weighted by molar-refractivity contribution is -0.130. The van der Waals surface area contributed by atoms with Gasteiger partial charge in [-0.1, -0.05) is 13.8 Å². The Kier molecular flexibility index (Phi) is 5.64. The van der Waals surface area contributed by atoms with Crippen LogP contribution >= 0.6 is 10.7 Å². The topological polar surface area (TPSA) is 63.7 Å². The van der Waals surface area contributed by atoms with Crippen LogP contribution in [0.4, 0.5) is 0 Å². The molecule has 1 rings (SSSR count). The van der Waals surface area contributed by atoms with Crippen molar-refractivity contribution in [3.63, 3.8) is 0 Å². The number of hydrogen-bond donors (Lipinski definition) is 0. The standard InChI is InChI=1S/C14H20ClNO4S/c1-9(2)11-7-12(20-8-14(17)16(4)5)10(3)6-13(11)21(15,18)19/h6-7,9H,8H2,1-5H3. The third-order valence-corrected chi connectivity index (χ3v) is 4.42. The molecule has 0 aliphatic rings. The Morgan fingerprint density at radius 3 is 2.33 bits per heavy atom. The Labute approximate surface area is 130 Å². The number of rotatable bonds is 5. The van der Waals surface area contributed by atoms with Crippen molar-refractivity contribution in [2.75, 3.05) is 20.7 Å². The van der Waals surface area contributed by atoms with E-state index in [9.17, 15) is 13.2 Å². The summed E-state index contributed by atoms with van der Waals surface area (Å²) in [5, 5.41) is 0. The van der Waals surface area contributed by atoms with Gasteiger partial charge in [-0.25, -0.2) is 8.42 Å². The van der Waals surface area contributed by atoms with Crippen molar-refractivity contribution in [3.05, 3.63) is 23.3 Å². The summed E-state index contributed by atoms with van der Waals surface area (Å²) in [6, 6.07) is 3.12. The summed E-state index contributed by atoms with van der Waals surface area (Å²) in [6.07, 6.45) is 0. The van der Waals surface area contributed by atoms with Crippen LogP contribution < -0.4 is 4.74 Å². The molecule has 1 aromatic rings. The number of ether oxygens (including phenoxy) is 1. The van der Waals surface area contributed by atoms with E-state index in [0.29, 0.717) is 16.9 Å². The third-order valence-electron chi connectivity index (χ3n) is 3.04. The van der Waals surface area contributed by atoms with Gasteiger partial charge in [0.25, 0.3) is 15.0 Å². The molecule has 1 aromatic carbocycles. The molecule has 0 aromatic heterocycles. The predicted octanol–water partition coefficient (Wildman–Crippen LogP) is 2.51. The molecule has 0 radical (unpaired) electrons. The first-order valence-corrected chi connectivity index (χ1v) is 8.77. The molecule has 0 unspecified atom stereocenters. The molecule has 0 bridgehead atoms. The lowest BCUT2D eigenvalue weighted by Gasteiger charge is -2.17. The van der Waals surface area contributed by atoms with Crippen molar-refractivity contribution in [2.45, 2.75) is 31.6 Å². The molecule has 1 amide bonds. The lowest BCUT2D eigenvalue weighted by atomic mass is 10.0. The maximum absolute atomic E-state index is 11.6. The van der Waals surface area contributed by atoms with E-state index in [1.165, 1.54) is 11.0 Å². The Balaban J connectivity index is 3.20. The summed E-state index contributed by atoms with van der Waals surface area (Å²) in [4.78, 5) is 13.1. The number of carbonyl (C=O) groups excluding carboxylic acids is 1. The van der Waals surface area contributed by atoms with Gasteiger partial charge < -0.3 is 9.64 Å². The molecule has 0 N–H and O–H groups in total. The van der Waals surface area contributed by atoms with Crippen LogP contribution in [0.2, 0.25) is 0 Å². The Hall–Kier alpha value is -1.27. The molecule has 0 atom stereocenters. The second-order valence-electron chi connectivity index (χ2n) is 5.32. The molecule has 7 heteroatoms. The summed E-state index contributed by atoms with van der Waals surface area (Å²) in [5.41, 5.74) is 1.19. The van der Waals surface area contributed by atoms with Crippen molar-refractivity contribution >= 4 is 25.6 Å². The highest BCUT2D eigenvalue weighted by atomic mass is 35.7. The number of nitrogens with zero attached hydrogens (tertiary/aromatic N) is 1. The summed E-state index contributed by atoms with van der Waals surface area (Å²) in [7, 11) is 4.93. The minimum atomic E-state index is -3.82. The van der Waals surface area contributed by atoms with Crippen LogP contribution in [-0.2, 0) is 13.8 Å². The first kappa shape index (κ1) is 17.8. The molecule has 0 aliphatic carbocycles. The summed E-state index contributed by atoms with van der Waals surface area (Å²) in [6.45, 7) is 5.35. The number of benzene rings is 1. The van der Waals surface area contributed by atoms with E-state index >= 15 is 0 Å². The second-order valence-corrected chi connectivity index (χ2v) is 7.86. The average Bonchev–Trinajstić information content (AvgIpc) is 2.34. The average molecular weight is 334 g/mol. The summed E-state index contributed by atoms with van der Waals surface area (Å²) in [5.74, 6) is 0.272. The van der Waals surface area contributed by atoms with Crippen LogP contribution in [0, 0.1) is 6.92 Å². The van der Waals surface area contributed by atoms with E-state index in [4.69, 9.17) is 15.4 Å². The van der Waals surface area contributed by atoms with Gasteiger partial charge in [-0.2, -0.15) is 0 Å². The largest absolute Gasteiger partial charge is 0.483 e. The van der Waals surface area contributed by atoms with E-state index in [0.717, 1.165) is 0 Å². The zero-order valence-electron chi connectivity index (χ0n) is 12.8. The van der Waals surface area contributed by atoms with Crippen LogP contribution in [0.25, 0.3) is 0 Å². The van der Waals surface area contributed by atoms with Gasteiger partial charge in [0, 0.05) is 24.8 Å². The highest BCUT2D eigenvalue weighted by molar-refractivity contribution is 8.13. The van der Waals surface area contributed by atoms with Crippen LogP contribution in [0.3, 0.4) is 0 Å². The van der Waals surface area contributed by atoms with E-state index < -0.39 is 9.05 Å². The fourth-order valence-corrected chi connectivity index (χ4v) is 3.06. The lowest BCUT2D eigenvalue weighted by Crippen LogP contribution is -2.27. The van der Waals surface area contributed by atoms with Crippen molar-refractivity contribution in [1.82, 2.24) is 4.90 Å². The number of likely N-dealkylation sites (N-methyl/N-ethyl adjacent to an activating group) is 1. The normalized spacial score (nSPS) is 11.6. The highest BCUT2D eigenvalue weighted by Crippen LogP contribution is 2.32. The van der Waals surface area contributed by atoms with Gasteiger partial charge in [-0.3, -0.25) is 4.79 Å². The molecule has 0 aliphatic heterocycles. The third kappa shape index (κ3) is 4.61. The van der Waals surface area contributed by atoms with Gasteiger partial charge in [-0.05, 0) is 36.1 Å². The monoisotopic (exact) mass is 333 g/mol. The molecular weight excluding hydrogens is 314 g/mol. The van der Waals surface area contributed by atoms with Crippen LogP contribution in [0.1, 0.15) is 30.9 Å². The number of aryl methyl sites for hydroxylation is 1. The van der Waals surface area contributed by atoms with Crippen LogP contribution in [0.15, 0.2) is 17.0 Å². The maximum Gasteiger partial charge on any atom is 0.261 e. The SMILES string of the molecule is Cc1cc(S(=O)(=O)Cl)c(C(C)C)cc1OCC(=O)N(C)C. The fraction of sp³-hybridized carbons (Fsp3) is 0.500. The Bertz CT molecular complexity index is 639. The van der Waals surface area contributed by atoms with E-state index in [1.54, 1.807) is 27.1 Å². The quantitative estimate of drug-likeness (QED) is 0.777. The van der Waals surface area contributed by atoms with Crippen molar-refractivity contribution in [1.29, 1.82) is 0 Å². The first-order chi connectivity index (χ1) is 9.54. The number of halogens is 1. The summed E-state index contributed by atoms with van der Waals surface area (Å²) < 4.78 is 28.8. The van der Waals surface area contributed by atoms with E-state index in [1.807, 2.05) is 13.8 Å². The van der Waals surface area contributed by atoms with Crippen LogP contribution in [-0.4, -0.2) is 39.9 Å².